The van der Waals surface area contributed by atoms with Gasteiger partial charge < -0.3 is 14.6 Å². The van der Waals surface area contributed by atoms with Crippen LogP contribution in [0.4, 0.5) is 5.00 Å². The van der Waals surface area contributed by atoms with Crippen molar-refractivity contribution in [2.75, 3.05) is 38.5 Å². The summed E-state index contributed by atoms with van der Waals surface area (Å²) >= 11 is 7.80. The van der Waals surface area contributed by atoms with Gasteiger partial charge in [-0.25, -0.2) is 0 Å². The number of nitrogens with one attached hydrogen (secondary N) is 1. The van der Waals surface area contributed by atoms with E-state index in [1.165, 1.54) is 16.7 Å². The van der Waals surface area contributed by atoms with E-state index in [0.29, 0.717) is 5.76 Å². The van der Waals surface area contributed by atoms with Gasteiger partial charge in [-0.2, -0.15) is 0 Å². The predicted molar refractivity (Wildman–Crippen MR) is 123 cm³/mol. The predicted octanol–water partition coefficient (Wildman–Crippen LogP) is 5.15. The number of anilines is 1. The number of hydrogen-bond acceptors (Lipinski definition) is 5. The molecule has 1 saturated heterocycles. The van der Waals surface area contributed by atoms with Crippen LogP contribution in [0.2, 0.25) is 5.02 Å². The summed E-state index contributed by atoms with van der Waals surface area (Å²) in [4.78, 5) is 18.8. The summed E-state index contributed by atoms with van der Waals surface area (Å²) in [7, 11) is 2.16. The Balaban J connectivity index is 1.72. The molecule has 30 heavy (non-hydrogen) atoms. The molecule has 0 bridgehead atoms. The molecule has 0 radical (unpaired) electrons. The van der Waals surface area contributed by atoms with Gasteiger partial charge in [0.05, 0.1) is 12.3 Å². The van der Waals surface area contributed by atoms with Crippen LogP contribution in [0.15, 0.2) is 53.1 Å². The largest absolute Gasteiger partial charge is 0.459 e. The maximum Gasteiger partial charge on any atom is 0.291 e. The van der Waals surface area contributed by atoms with Crippen molar-refractivity contribution in [1.82, 2.24) is 9.80 Å². The van der Waals surface area contributed by atoms with E-state index in [4.69, 9.17) is 16.0 Å². The second-order valence-corrected chi connectivity index (χ2v) is 9.15. The highest BCUT2D eigenvalue weighted by Crippen LogP contribution is 2.40. The van der Waals surface area contributed by atoms with Crippen LogP contribution in [0, 0.1) is 0 Å². The van der Waals surface area contributed by atoms with Crippen LogP contribution < -0.4 is 5.32 Å². The van der Waals surface area contributed by atoms with Gasteiger partial charge in [-0.05, 0) is 49.4 Å². The molecule has 158 valence electrons. The second kappa shape index (κ2) is 9.35. The highest BCUT2D eigenvalue weighted by atomic mass is 35.5. The number of rotatable bonds is 6. The maximum absolute atomic E-state index is 12.7. The topological polar surface area (TPSA) is 48.7 Å². The summed E-state index contributed by atoms with van der Waals surface area (Å²) in [6, 6.07) is 13.8. The minimum Gasteiger partial charge on any atom is -0.459 e. The molecule has 1 atom stereocenters. The van der Waals surface area contributed by atoms with E-state index in [1.54, 1.807) is 23.5 Å². The number of furan rings is 1. The summed E-state index contributed by atoms with van der Waals surface area (Å²) in [6.07, 6.45) is 2.44. The molecule has 1 aliphatic heterocycles. The zero-order chi connectivity index (χ0) is 21.1. The van der Waals surface area contributed by atoms with Gasteiger partial charge in [0.2, 0.25) is 0 Å². The number of amides is 1. The SMILES string of the molecule is CCc1cc([C@@H](c2ccc(Cl)cc2)N2CCN(C)CC2)c(NC(=O)c2ccco2)s1. The summed E-state index contributed by atoms with van der Waals surface area (Å²) in [6.45, 7) is 6.10. The third-order valence-electron chi connectivity index (χ3n) is 5.52. The van der Waals surface area contributed by atoms with Gasteiger partial charge in [0.25, 0.3) is 5.91 Å². The molecule has 5 nitrogen and oxygen atoms in total. The zero-order valence-corrected chi connectivity index (χ0v) is 18.8. The smallest absolute Gasteiger partial charge is 0.291 e. The lowest BCUT2D eigenvalue weighted by Gasteiger charge is -2.38. The van der Waals surface area contributed by atoms with Gasteiger partial charge >= 0.3 is 0 Å². The van der Waals surface area contributed by atoms with Crippen molar-refractivity contribution in [3.05, 3.63) is 75.5 Å². The molecule has 0 saturated carbocycles. The van der Waals surface area contributed by atoms with E-state index in [1.807, 2.05) is 12.1 Å². The molecule has 1 N–H and O–H groups in total. The highest BCUT2D eigenvalue weighted by molar-refractivity contribution is 7.16. The average molecular weight is 444 g/mol. The Morgan fingerprint density at radius 3 is 2.57 bits per heavy atom. The Morgan fingerprint density at radius 1 is 1.20 bits per heavy atom. The molecule has 2 aromatic heterocycles. The minimum atomic E-state index is -0.223. The van der Waals surface area contributed by atoms with Gasteiger partial charge in [0.1, 0.15) is 5.00 Å². The standard InChI is InChI=1S/C23H26ClN3O2S/c1-3-18-15-19(23(30-18)25-22(28)20-5-4-14-29-20)21(16-6-8-17(24)9-7-16)27-12-10-26(2)11-13-27/h4-9,14-15,21H,3,10-13H2,1-2H3,(H,25,28)/t21-/m1/s1. The molecular weight excluding hydrogens is 418 g/mol. The number of halogens is 1. The Labute approximate surface area is 186 Å². The zero-order valence-electron chi connectivity index (χ0n) is 17.2. The number of carbonyl (C=O) groups excluding carboxylic acids is 1. The average Bonchev–Trinajstić information content (AvgIpc) is 3.42. The van der Waals surface area contributed by atoms with Crippen molar-refractivity contribution in [3.8, 4) is 0 Å². The van der Waals surface area contributed by atoms with Gasteiger partial charge in [-0.1, -0.05) is 30.7 Å². The first kappa shape index (κ1) is 21.1. The van der Waals surface area contributed by atoms with Crippen LogP contribution in [-0.4, -0.2) is 48.9 Å². The molecule has 0 spiro atoms. The summed E-state index contributed by atoms with van der Waals surface area (Å²) in [5, 5.41) is 4.71. The number of piperazine rings is 1. The molecule has 1 amide bonds. The van der Waals surface area contributed by atoms with Crippen LogP contribution in [0.5, 0.6) is 0 Å². The molecule has 1 fully saturated rings. The third kappa shape index (κ3) is 4.62. The summed E-state index contributed by atoms with van der Waals surface area (Å²) in [5.74, 6) is 0.0917. The Hall–Kier alpha value is -2.12. The first-order valence-corrected chi connectivity index (χ1v) is 11.4. The van der Waals surface area contributed by atoms with Crippen molar-refractivity contribution < 1.29 is 9.21 Å². The quantitative estimate of drug-likeness (QED) is 0.572. The number of aryl methyl sites for hydroxylation is 1. The van der Waals surface area contributed by atoms with Gasteiger partial charge in [-0.3, -0.25) is 9.69 Å². The van der Waals surface area contributed by atoms with Gasteiger partial charge in [-0.15, -0.1) is 11.3 Å². The number of likely N-dealkylation sites (N-methyl/N-ethyl adjacent to an activating group) is 1. The number of benzene rings is 1. The molecule has 1 aliphatic rings. The Morgan fingerprint density at radius 2 is 1.93 bits per heavy atom. The number of thiophene rings is 1. The van der Waals surface area contributed by atoms with Crippen LogP contribution in [0.1, 0.15) is 39.5 Å². The van der Waals surface area contributed by atoms with E-state index in [0.717, 1.165) is 48.2 Å². The van der Waals surface area contributed by atoms with Gasteiger partial charge in [0.15, 0.2) is 5.76 Å². The van der Waals surface area contributed by atoms with E-state index in [2.05, 4.69) is 47.3 Å². The lowest BCUT2D eigenvalue weighted by molar-refractivity contribution is 0.0996. The number of nitrogens with zero attached hydrogens (tertiary/aromatic N) is 2. The first-order valence-electron chi connectivity index (χ1n) is 10.2. The highest BCUT2D eigenvalue weighted by Gasteiger charge is 2.29. The van der Waals surface area contributed by atoms with Crippen LogP contribution in [0.25, 0.3) is 0 Å². The lowest BCUT2D eigenvalue weighted by Crippen LogP contribution is -2.46. The van der Waals surface area contributed by atoms with Crippen molar-refractivity contribution in [3.63, 3.8) is 0 Å². The summed E-state index contributed by atoms with van der Waals surface area (Å²) < 4.78 is 5.29. The Bertz CT molecular complexity index is 977. The normalized spacial score (nSPS) is 16.5. The van der Waals surface area contributed by atoms with Crippen LogP contribution in [-0.2, 0) is 6.42 Å². The second-order valence-electron chi connectivity index (χ2n) is 7.58. The molecule has 3 aromatic rings. The molecule has 0 aliphatic carbocycles. The molecule has 3 heterocycles. The maximum atomic E-state index is 12.7. The van der Waals surface area contributed by atoms with Crippen molar-refractivity contribution in [1.29, 1.82) is 0 Å². The van der Waals surface area contributed by atoms with E-state index >= 15 is 0 Å². The minimum absolute atomic E-state index is 0.0550. The van der Waals surface area contributed by atoms with E-state index < -0.39 is 0 Å². The summed E-state index contributed by atoms with van der Waals surface area (Å²) in [5.41, 5.74) is 2.31. The van der Waals surface area contributed by atoms with Crippen molar-refractivity contribution >= 4 is 33.8 Å². The first-order chi connectivity index (χ1) is 14.5. The van der Waals surface area contributed by atoms with Gasteiger partial charge in [0, 0.05) is 41.6 Å². The Kier molecular flexibility index (Phi) is 6.58. The molecule has 7 heteroatoms. The fourth-order valence-electron chi connectivity index (χ4n) is 3.82. The van der Waals surface area contributed by atoms with Crippen LogP contribution >= 0.6 is 22.9 Å². The molecule has 4 rings (SSSR count). The van der Waals surface area contributed by atoms with E-state index in [9.17, 15) is 4.79 Å². The fourth-order valence-corrected chi connectivity index (χ4v) is 4.97. The monoisotopic (exact) mass is 443 g/mol. The van der Waals surface area contributed by atoms with Crippen molar-refractivity contribution in [2.45, 2.75) is 19.4 Å². The molecule has 1 aromatic carbocycles. The fraction of sp³-hybridized carbons (Fsp3) is 0.348. The third-order valence-corrected chi connectivity index (χ3v) is 6.98. The van der Waals surface area contributed by atoms with E-state index in [-0.39, 0.29) is 11.9 Å². The lowest BCUT2D eigenvalue weighted by atomic mass is 9.97. The molecular formula is C23H26ClN3O2S. The van der Waals surface area contributed by atoms with Crippen LogP contribution in [0.3, 0.4) is 0 Å². The van der Waals surface area contributed by atoms with Crippen molar-refractivity contribution in [2.24, 2.45) is 0 Å². The molecule has 0 unspecified atom stereocenters. The number of carbonyl (C=O) groups is 1. The number of hydrogen-bond donors (Lipinski definition) is 1.